The molecule has 0 aliphatic carbocycles. The fourth-order valence-electron chi connectivity index (χ4n) is 3.26. The van der Waals surface area contributed by atoms with E-state index in [9.17, 15) is 4.79 Å². The highest BCUT2D eigenvalue weighted by atomic mass is 16.6. The Labute approximate surface area is 128 Å². The molecule has 1 amide bonds. The van der Waals surface area contributed by atoms with Gasteiger partial charge in [-0.25, -0.2) is 4.79 Å². The molecule has 0 aromatic rings. The minimum Gasteiger partial charge on any atom is -0.444 e. The van der Waals surface area contributed by atoms with E-state index in [-0.39, 0.29) is 6.09 Å². The van der Waals surface area contributed by atoms with Crippen LogP contribution in [0.5, 0.6) is 0 Å². The number of amides is 1. The smallest absolute Gasteiger partial charge is 0.410 e. The molecule has 0 saturated carbocycles. The Morgan fingerprint density at radius 3 is 2.10 bits per heavy atom. The third kappa shape index (κ3) is 4.85. The summed E-state index contributed by atoms with van der Waals surface area (Å²) in [7, 11) is 0. The lowest BCUT2D eigenvalue weighted by atomic mass is 10.0. The Morgan fingerprint density at radius 2 is 1.62 bits per heavy atom. The van der Waals surface area contributed by atoms with Crippen LogP contribution in [0.2, 0.25) is 0 Å². The average molecular weight is 298 g/mol. The molecule has 2 atom stereocenters. The molecular weight excluding hydrogens is 268 g/mol. The van der Waals surface area contributed by atoms with Crippen molar-refractivity contribution in [3.05, 3.63) is 0 Å². The minimum absolute atomic E-state index is 0.176. The Morgan fingerprint density at radius 1 is 1.10 bits per heavy atom. The highest BCUT2D eigenvalue weighted by Crippen LogP contribution is 2.22. The van der Waals surface area contributed by atoms with Gasteiger partial charge in [-0.1, -0.05) is 0 Å². The van der Waals surface area contributed by atoms with Crippen LogP contribution in [-0.4, -0.2) is 65.9 Å². The normalized spacial score (nSPS) is 29.5. The molecule has 0 aromatic carbocycles. The van der Waals surface area contributed by atoms with Gasteiger partial charge in [0.25, 0.3) is 0 Å². The number of nitrogens with zero attached hydrogens (tertiary/aromatic N) is 2. The van der Waals surface area contributed by atoms with Crippen molar-refractivity contribution < 1.29 is 14.3 Å². The van der Waals surface area contributed by atoms with E-state index in [1.54, 1.807) is 0 Å². The maximum atomic E-state index is 12.1. The first-order valence-corrected chi connectivity index (χ1v) is 8.12. The molecule has 0 radical (unpaired) electrons. The first-order chi connectivity index (χ1) is 9.74. The molecule has 5 heteroatoms. The van der Waals surface area contributed by atoms with Gasteiger partial charge in [-0.15, -0.1) is 0 Å². The summed E-state index contributed by atoms with van der Waals surface area (Å²) in [4.78, 5) is 16.4. The minimum atomic E-state index is -0.414. The van der Waals surface area contributed by atoms with E-state index >= 15 is 0 Å². The topological polar surface area (TPSA) is 42.0 Å². The fraction of sp³-hybridized carbons (Fsp3) is 0.938. The van der Waals surface area contributed by atoms with E-state index in [4.69, 9.17) is 9.47 Å². The first-order valence-electron chi connectivity index (χ1n) is 8.12. The van der Waals surface area contributed by atoms with Crippen LogP contribution in [0, 0.1) is 0 Å². The van der Waals surface area contributed by atoms with Crippen molar-refractivity contribution in [1.29, 1.82) is 0 Å². The first kappa shape index (κ1) is 16.6. The summed E-state index contributed by atoms with van der Waals surface area (Å²) in [6.07, 6.45) is 2.48. The largest absolute Gasteiger partial charge is 0.444 e. The molecule has 0 N–H and O–H groups in total. The monoisotopic (exact) mass is 298 g/mol. The third-order valence-electron chi connectivity index (χ3n) is 4.08. The van der Waals surface area contributed by atoms with Crippen molar-refractivity contribution in [3.63, 3.8) is 0 Å². The molecule has 0 bridgehead atoms. The Kier molecular flexibility index (Phi) is 5.15. The number of carbonyl (C=O) groups is 1. The SMILES string of the molecule is C[C@@H]1CN(C2CCN(C(=O)OC(C)(C)C)CC2)C[C@H](C)O1. The second kappa shape index (κ2) is 6.53. The van der Waals surface area contributed by atoms with E-state index in [2.05, 4.69) is 18.7 Å². The zero-order valence-electron chi connectivity index (χ0n) is 14.1. The van der Waals surface area contributed by atoms with Gasteiger partial charge in [0.05, 0.1) is 12.2 Å². The molecule has 2 aliphatic heterocycles. The molecule has 0 unspecified atom stereocenters. The van der Waals surface area contributed by atoms with Crippen LogP contribution in [0.4, 0.5) is 4.79 Å². The van der Waals surface area contributed by atoms with Crippen LogP contribution >= 0.6 is 0 Å². The summed E-state index contributed by atoms with van der Waals surface area (Å²) < 4.78 is 11.2. The summed E-state index contributed by atoms with van der Waals surface area (Å²) in [5.41, 5.74) is -0.414. The zero-order chi connectivity index (χ0) is 15.6. The second-order valence-electron chi connectivity index (χ2n) is 7.41. The summed E-state index contributed by atoms with van der Waals surface area (Å²) >= 11 is 0. The quantitative estimate of drug-likeness (QED) is 0.746. The third-order valence-corrected chi connectivity index (χ3v) is 4.08. The average Bonchev–Trinajstić information content (AvgIpc) is 2.35. The van der Waals surface area contributed by atoms with Crippen molar-refractivity contribution >= 4 is 6.09 Å². The van der Waals surface area contributed by atoms with Crippen LogP contribution in [0.3, 0.4) is 0 Å². The van der Waals surface area contributed by atoms with E-state index in [1.165, 1.54) is 0 Å². The van der Waals surface area contributed by atoms with E-state index in [0.717, 1.165) is 39.0 Å². The van der Waals surface area contributed by atoms with E-state index in [0.29, 0.717) is 18.2 Å². The van der Waals surface area contributed by atoms with Gasteiger partial charge in [-0.3, -0.25) is 4.90 Å². The van der Waals surface area contributed by atoms with Crippen LogP contribution in [0.25, 0.3) is 0 Å². The van der Waals surface area contributed by atoms with Gasteiger partial charge in [-0.05, 0) is 47.5 Å². The molecule has 2 fully saturated rings. The maximum Gasteiger partial charge on any atom is 0.410 e. The number of rotatable bonds is 1. The van der Waals surface area contributed by atoms with Crippen molar-refractivity contribution in [2.45, 2.75) is 71.3 Å². The maximum absolute atomic E-state index is 12.1. The molecule has 2 heterocycles. The molecular formula is C16H30N2O3. The molecule has 2 saturated heterocycles. The molecule has 5 nitrogen and oxygen atoms in total. The standard InChI is InChI=1S/C16H30N2O3/c1-12-10-18(11-13(2)20-12)14-6-8-17(9-7-14)15(19)21-16(3,4)5/h12-14H,6-11H2,1-5H3/t12-,13+. The molecule has 2 aliphatic rings. The molecule has 0 spiro atoms. The van der Waals surface area contributed by atoms with Gasteiger partial charge in [0, 0.05) is 32.2 Å². The van der Waals surface area contributed by atoms with Gasteiger partial charge in [0.15, 0.2) is 0 Å². The Bertz CT molecular complexity index is 349. The fourth-order valence-corrected chi connectivity index (χ4v) is 3.26. The van der Waals surface area contributed by atoms with E-state index in [1.807, 2.05) is 25.7 Å². The number of piperidine rings is 1. The van der Waals surface area contributed by atoms with Crippen molar-refractivity contribution in [2.24, 2.45) is 0 Å². The summed E-state index contributed by atoms with van der Waals surface area (Å²) in [6.45, 7) is 13.6. The number of hydrogen-bond acceptors (Lipinski definition) is 4. The number of carbonyl (C=O) groups excluding carboxylic acids is 1. The summed E-state index contributed by atoms with van der Waals surface area (Å²) in [5.74, 6) is 0. The van der Waals surface area contributed by atoms with Crippen molar-refractivity contribution in [3.8, 4) is 0 Å². The molecule has 21 heavy (non-hydrogen) atoms. The van der Waals surface area contributed by atoms with Crippen LogP contribution < -0.4 is 0 Å². The Balaban J connectivity index is 1.81. The van der Waals surface area contributed by atoms with Gasteiger partial charge >= 0.3 is 6.09 Å². The molecule has 2 rings (SSSR count). The number of hydrogen-bond donors (Lipinski definition) is 0. The van der Waals surface area contributed by atoms with Crippen molar-refractivity contribution in [2.75, 3.05) is 26.2 Å². The zero-order valence-corrected chi connectivity index (χ0v) is 14.1. The lowest BCUT2D eigenvalue weighted by molar-refractivity contribution is -0.0866. The molecule has 122 valence electrons. The van der Waals surface area contributed by atoms with Crippen LogP contribution in [0.1, 0.15) is 47.5 Å². The van der Waals surface area contributed by atoms with Gasteiger partial charge in [-0.2, -0.15) is 0 Å². The summed E-state index contributed by atoms with van der Waals surface area (Å²) in [5, 5.41) is 0. The Hall–Kier alpha value is -0.810. The van der Waals surface area contributed by atoms with Gasteiger partial charge < -0.3 is 14.4 Å². The van der Waals surface area contributed by atoms with E-state index < -0.39 is 5.60 Å². The van der Waals surface area contributed by atoms with Gasteiger partial charge in [0.2, 0.25) is 0 Å². The van der Waals surface area contributed by atoms with Crippen LogP contribution in [0.15, 0.2) is 0 Å². The molecule has 0 aromatic heterocycles. The second-order valence-corrected chi connectivity index (χ2v) is 7.41. The number of morpholine rings is 1. The highest BCUT2D eigenvalue weighted by molar-refractivity contribution is 5.68. The number of likely N-dealkylation sites (tertiary alicyclic amines) is 1. The van der Waals surface area contributed by atoms with Crippen LogP contribution in [-0.2, 0) is 9.47 Å². The highest BCUT2D eigenvalue weighted by Gasteiger charge is 2.32. The van der Waals surface area contributed by atoms with Gasteiger partial charge in [0.1, 0.15) is 5.60 Å². The number of ether oxygens (including phenoxy) is 2. The van der Waals surface area contributed by atoms with Crippen molar-refractivity contribution in [1.82, 2.24) is 9.80 Å². The predicted octanol–water partition coefficient (Wildman–Crippen LogP) is 2.50. The lowest BCUT2D eigenvalue weighted by Crippen LogP contribution is -2.54. The summed E-state index contributed by atoms with van der Waals surface area (Å²) in [6, 6.07) is 0.567. The predicted molar refractivity (Wildman–Crippen MR) is 82.4 cm³/mol. The lowest BCUT2D eigenvalue weighted by Gasteiger charge is -2.43.